The van der Waals surface area contributed by atoms with Crippen molar-refractivity contribution in [2.45, 2.75) is 26.2 Å². The van der Waals surface area contributed by atoms with Gasteiger partial charge >= 0.3 is 0 Å². The molecular weight excluding hydrogens is 124 g/mol. The zero-order valence-electron chi connectivity index (χ0n) is 6.59. The number of hydrogen-bond donors (Lipinski definition) is 1. The van der Waals surface area contributed by atoms with Gasteiger partial charge in [-0.15, -0.1) is 0 Å². The van der Waals surface area contributed by atoms with Gasteiger partial charge in [-0.25, -0.2) is 0 Å². The normalized spacial score (nSPS) is 11.8. The highest BCUT2D eigenvalue weighted by molar-refractivity contribution is 4.92. The molecule has 1 nitrogen and oxygen atoms in total. The van der Waals surface area contributed by atoms with Gasteiger partial charge in [-0.3, -0.25) is 0 Å². The van der Waals surface area contributed by atoms with Gasteiger partial charge in [-0.1, -0.05) is 31.2 Å². The van der Waals surface area contributed by atoms with Crippen LogP contribution in [0, 0.1) is 0 Å². The second-order valence-electron chi connectivity index (χ2n) is 2.10. The highest BCUT2D eigenvalue weighted by atomic mass is 16.2. The van der Waals surface area contributed by atoms with Crippen LogP contribution in [0.4, 0.5) is 0 Å². The molecule has 0 amide bonds. The molecule has 0 fully saturated rings. The highest BCUT2D eigenvalue weighted by Gasteiger charge is 1.72. The minimum Gasteiger partial charge on any atom is -0.396 e. The Hall–Kier alpha value is -0.560. The number of aliphatic hydroxyl groups excluding tert-OH is 1. The van der Waals surface area contributed by atoms with Crippen LogP contribution in [0.5, 0.6) is 0 Å². The minimum atomic E-state index is 0.258. The lowest BCUT2D eigenvalue weighted by Crippen LogP contribution is -1.74. The molecule has 0 aliphatic carbocycles. The summed E-state index contributed by atoms with van der Waals surface area (Å²) in [5.41, 5.74) is 0. The first-order chi connectivity index (χ1) is 4.91. The summed E-state index contributed by atoms with van der Waals surface area (Å²) in [6.45, 7) is 2.38. The zero-order chi connectivity index (χ0) is 7.66. The van der Waals surface area contributed by atoms with Crippen LogP contribution in [0.1, 0.15) is 26.2 Å². The van der Waals surface area contributed by atoms with E-state index in [1.807, 2.05) is 6.08 Å². The van der Waals surface area contributed by atoms with Crippen LogP contribution in [-0.4, -0.2) is 11.7 Å². The lowest BCUT2D eigenvalue weighted by Gasteiger charge is -1.83. The van der Waals surface area contributed by atoms with Gasteiger partial charge in [0.15, 0.2) is 0 Å². The number of allylic oxidation sites excluding steroid dienone is 3. The van der Waals surface area contributed by atoms with Gasteiger partial charge in [-0.05, 0) is 19.3 Å². The van der Waals surface area contributed by atoms with E-state index in [0.717, 1.165) is 19.3 Å². The number of hydrogen-bond acceptors (Lipinski definition) is 1. The Morgan fingerprint density at radius 3 is 2.40 bits per heavy atom. The average Bonchev–Trinajstić information content (AvgIpc) is 1.97. The summed E-state index contributed by atoms with van der Waals surface area (Å²) in [6, 6.07) is 0. The molecule has 0 aliphatic rings. The van der Waals surface area contributed by atoms with Crippen LogP contribution in [-0.2, 0) is 0 Å². The first-order valence-electron chi connectivity index (χ1n) is 3.82. The van der Waals surface area contributed by atoms with Crippen LogP contribution in [0.25, 0.3) is 0 Å². The van der Waals surface area contributed by atoms with Crippen LogP contribution >= 0.6 is 0 Å². The second-order valence-corrected chi connectivity index (χ2v) is 2.10. The van der Waals surface area contributed by atoms with Gasteiger partial charge in [0.2, 0.25) is 0 Å². The molecule has 0 unspecified atom stereocenters. The van der Waals surface area contributed by atoms with E-state index in [4.69, 9.17) is 5.11 Å². The van der Waals surface area contributed by atoms with Crippen molar-refractivity contribution in [1.82, 2.24) is 0 Å². The molecule has 58 valence electrons. The molecule has 0 saturated carbocycles. The van der Waals surface area contributed by atoms with Gasteiger partial charge in [0.05, 0.1) is 0 Å². The molecule has 0 aliphatic heterocycles. The first kappa shape index (κ1) is 9.44. The third-order valence-electron chi connectivity index (χ3n) is 1.14. The Kier molecular flexibility index (Phi) is 7.97. The van der Waals surface area contributed by atoms with Gasteiger partial charge < -0.3 is 5.11 Å². The smallest absolute Gasteiger partial charge is 0.0465 e. The summed E-state index contributed by atoms with van der Waals surface area (Å²) >= 11 is 0. The minimum absolute atomic E-state index is 0.258. The highest BCUT2D eigenvalue weighted by Crippen LogP contribution is 1.89. The predicted octanol–water partition coefficient (Wildman–Crippen LogP) is 2.28. The van der Waals surface area contributed by atoms with Gasteiger partial charge in [0.1, 0.15) is 0 Å². The van der Waals surface area contributed by atoms with E-state index in [0.29, 0.717) is 0 Å². The molecule has 0 radical (unpaired) electrons. The largest absolute Gasteiger partial charge is 0.396 e. The van der Waals surface area contributed by atoms with E-state index in [1.165, 1.54) is 0 Å². The van der Waals surface area contributed by atoms with Crippen LogP contribution in [0.3, 0.4) is 0 Å². The summed E-state index contributed by atoms with van der Waals surface area (Å²) in [6.07, 6.45) is 11.2. The fraction of sp³-hybridized carbons (Fsp3) is 0.556. The maximum absolute atomic E-state index is 8.40. The van der Waals surface area contributed by atoms with Crippen molar-refractivity contribution in [1.29, 1.82) is 0 Å². The summed E-state index contributed by atoms with van der Waals surface area (Å²) in [5, 5.41) is 8.40. The van der Waals surface area contributed by atoms with Crippen LogP contribution in [0.2, 0.25) is 0 Å². The maximum atomic E-state index is 8.40. The first-order valence-corrected chi connectivity index (χ1v) is 3.82. The van der Waals surface area contributed by atoms with Crippen molar-refractivity contribution >= 4 is 0 Å². The fourth-order valence-electron chi connectivity index (χ4n) is 0.630. The number of aliphatic hydroxyl groups is 1. The summed E-state index contributed by atoms with van der Waals surface area (Å²) in [5.74, 6) is 0. The Balaban J connectivity index is 3.09. The van der Waals surface area contributed by atoms with E-state index in [1.54, 1.807) is 0 Å². The molecule has 0 saturated heterocycles. The van der Waals surface area contributed by atoms with Crippen molar-refractivity contribution in [2.75, 3.05) is 6.61 Å². The molecule has 0 atom stereocenters. The molecule has 0 aromatic rings. The molecular formula is C9H16O. The summed E-state index contributed by atoms with van der Waals surface area (Å²) < 4.78 is 0. The third kappa shape index (κ3) is 7.44. The zero-order valence-corrected chi connectivity index (χ0v) is 6.59. The fourth-order valence-corrected chi connectivity index (χ4v) is 0.630. The SMILES string of the molecule is CC/C=C\CC=CCCO. The van der Waals surface area contributed by atoms with E-state index in [9.17, 15) is 0 Å². The molecule has 10 heavy (non-hydrogen) atoms. The molecule has 0 rings (SSSR count). The van der Waals surface area contributed by atoms with Crippen molar-refractivity contribution in [3.8, 4) is 0 Å². The second kappa shape index (κ2) is 8.44. The van der Waals surface area contributed by atoms with Gasteiger partial charge in [0.25, 0.3) is 0 Å². The third-order valence-corrected chi connectivity index (χ3v) is 1.14. The standard InChI is InChI=1S/C9H16O/c1-2-3-4-5-6-7-8-9-10/h3-4,6-7,10H,2,5,8-9H2,1H3/b4-3-,7-6?. The lowest BCUT2D eigenvalue weighted by atomic mass is 10.3. The monoisotopic (exact) mass is 140 g/mol. The van der Waals surface area contributed by atoms with Crippen LogP contribution < -0.4 is 0 Å². The summed E-state index contributed by atoms with van der Waals surface area (Å²) in [7, 11) is 0. The maximum Gasteiger partial charge on any atom is 0.0465 e. The van der Waals surface area contributed by atoms with E-state index >= 15 is 0 Å². The van der Waals surface area contributed by atoms with E-state index in [2.05, 4.69) is 25.2 Å². The molecule has 0 aromatic carbocycles. The van der Waals surface area contributed by atoms with E-state index in [-0.39, 0.29) is 6.61 Å². The average molecular weight is 140 g/mol. The topological polar surface area (TPSA) is 20.2 Å². The molecule has 0 heterocycles. The summed E-state index contributed by atoms with van der Waals surface area (Å²) in [4.78, 5) is 0. The molecule has 0 bridgehead atoms. The van der Waals surface area contributed by atoms with Crippen molar-refractivity contribution in [3.05, 3.63) is 24.3 Å². The van der Waals surface area contributed by atoms with Crippen molar-refractivity contribution < 1.29 is 5.11 Å². The quantitative estimate of drug-likeness (QED) is 0.581. The number of rotatable bonds is 5. The molecule has 1 heteroatoms. The predicted molar refractivity (Wildman–Crippen MR) is 44.9 cm³/mol. The van der Waals surface area contributed by atoms with E-state index < -0.39 is 0 Å². The Labute approximate surface area is 63.1 Å². The Bertz CT molecular complexity index is 103. The van der Waals surface area contributed by atoms with Gasteiger partial charge in [0, 0.05) is 6.61 Å². The van der Waals surface area contributed by atoms with Crippen molar-refractivity contribution in [3.63, 3.8) is 0 Å². The van der Waals surface area contributed by atoms with Crippen LogP contribution in [0.15, 0.2) is 24.3 Å². The Morgan fingerprint density at radius 2 is 1.80 bits per heavy atom. The Morgan fingerprint density at radius 1 is 1.10 bits per heavy atom. The van der Waals surface area contributed by atoms with Gasteiger partial charge in [-0.2, -0.15) is 0 Å². The lowest BCUT2D eigenvalue weighted by molar-refractivity contribution is 0.302. The van der Waals surface area contributed by atoms with Crippen molar-refractivity contribution in [2.24, 2.45) is 0 Å². The molecule has 0 spiro atoms. The molecule has 1 N–H and O–H groups in total. The molecule has 0 aromatic heterocycles.